The summed E-state index contributed by atoms with van der Waals surface area (Å²) in [6.07, 6.45) is 27.2. The first-order valence-corrected chi connectivity index (χ1v) is 42.3. The Morgan fingerprint density at radius 2 is 0.522 bits per heavy atom. The second-order valence-corrected chi connectivity index (χ2v) is 29.2. The van der Waals surface area contributed by atoms with Gasteiger partial charge in [-0.15, -0.1) is 0 Å². The molecule has 12 rings (SSSR count). The lowest BCUT2D eigenvalue weighted by atomic mass is 10.1. The summed E-state index contributed by atoms with van der Waals surface area (Å²) in [7, 11) is 24.5. The van der Waals surface area contributed by atoms with Gasteiger partial charge < -0.3 is 102 Å². The molecule has 0 heterocycles. The number of hydrogen-bond acceptors (Lipinski definition) is 27. The van der Waals surface area contributed by atoms with Crippen LogP contribution in [0.1, 0.15) is 85.9 Å². The number of anilines is 4. The molecule has 0 aliphatic heterocycles. The monoisotopic (exact) mass is 1890 g/mol. The number of phenolic OH excluding ortho intramolecular Hbond substituents is 1. The largest absolute Gasteiger partial charge is 0.504 e. The Kier molecular flexibility index (Phi) is 40.4. The predicted octanol–water partition coefficient (Wildman–Crippen LogP) is 23.2. The quantitative estimate of drug-likeness (QED) is 0.00781. The molecule has 0 unspecified atom stereocenters. The van der Waals surface area contributed by atoms with Gasteiger partial charge in [0, 0.05) is 100 Å². The maximum Gasteiger partial charge on any atom is 0.311 e. The summed E-state index contributed by atoms with van der Waals surface area (Å²) in [5.41, 5.74) is 11.5. The number of ketones is 4. The van der Waals surface area contributed by atoms with Gasteiger partial charge in [0.1, 0.15) is 5.75 Å². The molecule has 0 radical (unpaired) electrons. The van der Waals surface area contributed by atoms with E-state index >= 15 is 0 Å². The lowest BCUT2D eigenvalue weighted by molar-refractivity contribution is -0.385. The maximum absolute atomic E-state index is 13.8. The molecule has 0 spiro atoms. The zero-order valence-corrected chi connectivity index (χ0v) is 79.4. The summed E-state index contributed by atoms with van der Waals surface area (Å²) in [4.78, 5) is 60.1. The number of nitrogens with zero attached hydrogens (tertiary/aromatic N) is 1. The smallest absolute Gasteiger partial charge is 0.311 e. The van der Waals surface area contributed by atoms with Crippen LogP contribution >= 0.6 is 11.6 Å². The molecule has 0 saturated carbocycles. The highest BCUT2D eigenvalue weighted by molar-refractivity contribution is 6.32. The van der Waals surface area contributed by atoms with Gasteiger partial charge in [0.2, 0.25) is 23.0 Å². The number of methoxy groups -OCH3 is 16. The summed E-state index contributed by atoms with van der Waals surface area (Å²) in [6.45, 7) is 0. The molecule has 0 fully saturated rings. The summed E-state index contributed by atoms with van der Waals surface area (Å²) < 4.78 is 98.4. The van der Waals surface area contributed by atoms with E-state index in [0.717, 1.165) is 73.3 Å². The van der Waals surface area contributed by atoms with E-state index in [0.29, 0.717) is 96.6 Å². The van der Waals surface area contributed by atoms with E-state index in [4.69, 9.17) is 87.4 Å². The van der Waals surface area contributed by atoms with Crippen molar-refractivity contribution in [2.75, 3.05) is 135 Å². The van der Waals surface area contributed by atoms with Crippen molar-refractivity contribution >= 4 is 112 Å². The van der Waals surface area contributed by atoms with Crippen molar-refractivity contribution < 1.29 is 109 Å². The molecule has 0 atom stereocenters. The third kappa shape index (κ3) is 29.8. The molecule has 0 aromatic heterocycles. The van der Waals surface area contributed by atoms with Gasteiger partial charge in [-0.05, 0) is 208 Å². The van der Waals surface area contributed by atoms with Crippen molar-refractivity contribution in [3.05, 3.63) is 355 Å². The average molecular weight is 1900 g/mol. The summed E-state index contributed by atoms with van der Waals surface area (Å²) >= 11 is 6.10. The minimum absolute atomic E-state index is 0.0821. The topological polar surface area (TPSA) is 327 Å². The summed E-state index contributed by atoms with van der Waals surface area (Å²) in [5.74, 6) is 5.98. The molecule has 5 N–H and O–H groups in total. The van der Waals surface area contributed by atoms with Gasteiger partial charge in [0.05, 0.1) is 124 Å². The lowest BCUT2D eigenvalue weighted by Crippen LogP contribution is -2.00. The molecule has 0 amide bonds. The van der Waals surface area contributed by atoms with Crippen LogP contribution in [-0.2, 0) is 0 Å². The molecule has 12 aromatic rings. The van der Waals surface area contributed by atoms with Crippen LogP contribution in [-0.4, -0.2) is 147 Å². The summed E-state index contributed by atoms with van der Waals surface area (Å²) in [6, 6.07) is 63.2. The van der Waals surface area contributed by atoms with E-state index < -0.39 is 10.7 Å². The SMILES string of the molecule is COc1ccc(C(=O)/C=C\Nc2cccc(/C=C\c3cc(OC)c(OC)c(OC)c3)c2)cc1Cl.COc1ccc(C(=O)/C=C\Nc2cccc(/C=C\c3cc(OC)c(OC)c(OC)c3)c2)cc1F.COc1ccc(C(=O)/C=C\Nc2cccc(/C=C\c3cc(OC)c(OC)c(OC)c3)c2)cc1O.COc1ccc(C(=O)/C=C\Nc2cccc(/C=C\c3cc(OC)c(OC)c(OC)c3)c2)cc1[N+](=O)[O-]. The highest BCUT2D eigenvalue weighted by Crippen LogP contribution is 2.43. The molecule has 28 nitrogen and oxygen atoms in total. The van der Waals surface area contributed by atoms with Crippen LogP contribution in [0.5, 0.6) is 97.7 Å². The zero-order valence-electron chi connectivity index (χ0n) is 78.7. The Labute approximate surface area is 804 Å². The molecular formula is C108H105ClFN5O23. The van der Waals surface area contributed by atoms with Gasteiger partial charge in [0.25, 0.3) is 0 Å². The number of halogens is 2. The molecule has 0 aliphatic rings. The van der Waals surface area contributed by atoms with Crippen molar-refractivity contribution in [2.24, 2.45) is 0 Å². The fourth-order valence-corrected chi connectivity index (χ4v) is 13.5. The number of nitrogens with one attached hydrogen (secondary N) is 4. The number of ether oxygens (including phenoxy) is 16. The first-order valence-electron chi connectivity index (χ1n) is 41.9. The molecule has 0 bridgehead atoms. The van der Waals surface area contributed by atoms with E-state index in [-0.39, 0.29) is 57.2 Å². The highest BCUT2D eigenvalue weighted by atomic mass is 35.5. The number of carbonyl (C=O) groups is 4. The first kappa shape index (κ1) is 104. The standard InChI is InChI=1S/C27H26ClNO5.C27H26FNO5.C27H26N2O7.C27H27NO6/c2*1-31-24-11-10-20(17-22(24)28)23(30)12-13-29-21-7-5-6-18(14-21)8-9-19-15-25(32-2)27(34-4)26(16-19)33-3;1-33-24-11-10-20(17-22(24)29(31)32)23(30)12-13-28-21-7-5-6-18(14-21)8-9-19-15-25(34-2)27(36-4)26(16-19)35-3;1-31-24-11-10-20(17-23(24)30)22(29)12-13-28-21-7-5-6-18(14-21)8-9-19-15-25(32-2)27(34-4)26(16-19)33-3/h2*5-17,29H,1-4H3;5-17,28H,1-4H3;5-17,28,30H,1-4H3/b4*9-8-,13-12-. The fourth-order valence-electron chi connectivity index (χ4n) is 13.2. The second-order valence-electron chi connectivity index (χ2n) is 28.8. The Hall–Kier alpha value is -17.3. The third-order valence-electron chi connectivity index (χ3n) is 20.1. The minimum Gasteiger partial charge on any atom is -0.504 e. The van der Waals surface area contributed by atoms with Gasteiger partial charge in [0.15, 0.2) is 97.9 Å². The lowest BCUT2D eigenvalue weighted by Gasteiger charge is -2.12. The Morgan fingerprint density at radius 1 is 0.283 bits per heavy atom. The molecule has 0 saturated heterocycles. The zero-order chi connectivity index (χ0) is 99.6. The normalized spacial score (nSPS) is 10.9. The van der Waals surface area contributed by atoms with E-state index in [1.165, 1.54) is 102 Å². The van der Waals surface area contributed by atoms with Crippen molar-refractivity contribution in [1.82, 2.24) is 0 Å². The number of aromatic hydroxyl groups is 1. The number of rotatable bonds is 41. The number of carbonyl (C=O) groups excluding carboxylic acids is 4. The Morgan fingerprint density at radius 3 is 0.768 bits per heavy atom. The van der Waals surface area contributed by atoms with Crippen LogP contribution in [0.25, 0.3) is 48.6 Å². The van der Waals surface area contributed by atoms with Crippen molar-refractivity contribution in [1.29, 1.82) is 0 Å². The molecule has 12 aromatic carbocycles. The minimum atomic E-state index is -0.589. The number of nitro groups is 1. The van der Waals surface area contributed by atoms with Crippen LogP contribution < -0.4 is 97.1 Å². The predicted molar refractivity (Wildman–Crippen MR) is 540 cm³/mol. The molecular weight excluding hydrogens is 1790 g/mol. The van der Waals surface area contributed by atoms with Crippen LogP contribution in [0.2, 0.25) is 5.02 Å². The molecule has 138 heavy (non-hydrogen) atoms. The molecule has 30 heteroatoms. The Bertz CT molecular complexity index is 5970. The van der Waals surface area contributed by atoms with Gasteiger partial charge in [-0.25, -0.2) is 4.39 Å². The number of hydrogen-bond donors (Lipinski definition) is 5. The van der Waals surface area contributed by atoms with Gasteiger partial charge >= 0.3 is 5.69 Å². The fraction of sp³-hybridized carbons (Fsp3) is 0.148. The number of benzene rings is 12. The van der Waals surface area contributed by atoms with Crippen molar-refractivity contribution in [2.45, 2.75) is 0 Å². The highest BCUT2D eigenvalue weighted by Gasteiger charge is 2.21. The molecule has 0 aliphatic carbocycles. The van der Waals surface area contributed by atoms with E-state index in [2.05, 4.69) is 21.3 Å². The third-order valence-corrected chi connectivity index (χ3v) is 20.4. The van der Waals surface area contributed by atoms with Crippen LogP contribution in [0.3, 0.4) is 0 Å². The number of nitro benzene ring substituents is 1. The Balaban J connectivity index is 0.000000206. The second kappa shape index (κ2) is 53.4. The van der Waals surface area contributed by atoms with E-state index in [9.17, 15) is 38.8 Å². The van der Waals surface area contributed by atoms with E-state index in [1.807, 2.05) is 194 Å². The molecule has 714 valence electrons. The van der Waals surface area contributed by atoms with E-state index in [1.54, 1.807) is 128 Å². The van der Waals surface area contributed by atoms with Crippen molar-refractivity contribution in [3.63, 3.8) is 0 Å². The van der Waals surface area contributed by atoms with Crippen LogP contribution in [0.4, 0.5) is 32.8 Å². The summed E-state index contributed by atoms with van der Waals surface area (Å²) in [5, 5.41) is 33.7. The van der Waals surface area contributed by atoms with Gasteiger partial charge in [-0.2, -0.15) is 0 Å². The first-order chi connectivity index (χ1) is 66.8. The van der Waals surface area contributed by atoms with Crippen LogP contribution in [0, 0.1) is 15.9 Å². The number of allylic oxidation sites excluding steroid dienone is 4. The van der Waals surface area contributed by atoms with Crippen LogP contribution in [0.15, 0.2) is 267 Å². The maximum atomic E-state index is 13.8. The van der Waals surface area contributed by atoms with Crippen molar-refractivity contribution in [3.8, 4) is 97.7 Å². The van der Waals surface area contributed by atoms with Gasteiger partial charge in [-0.3, -0.25) is 29.3 Å². The average Bonchev–Trinajstić information content (AvgIpc) is 0.826. The van der Waals surface area contributed by atoms with Gasteiger partial charge in [-0.1, -0.05) is 109 Å². The number of phenols is 1.